The third kappa shape index (κ3) is 3.04. The maximum Gasteiger partial charge on any atom is 0.261 e. The second-order valence-electron chi connectivity index (χ2n) is 6.52. The number of phenolic OH excluding ortho intramolecular Hbond substituents is 1. The Kier molecular flexibility index (Phi) is 4.34. The lowest BCUT2D eigenvalue weighted by molar-refractivity contribution is 0.267. The van der Waals surface area contributed by atoms with Crippen molar-refractivity contribution in [2.75, 3.05) is 20.2 Å². The molecule has 26 heavy (non-hydrogen) atoms. The molecule has 1 aromatic heterocycles. The van der Waals surface area contributed by atoms with Gasteiger partial charge in [0.1, 0.15) is 17.3 Å². The number of para-hydroxylation sites is 1. The van der Waals surface area contributed by atoms with Crippen LogP contribution >= 0.6 is 0 Å². The Morgan fingerprint density at radius 3 is 2.81 bits per heavy atom. The van der Waals surface area contributed by atoms with Crippen LogP contribution in [0.4, 0.5) is 0 Å². The Bertz CT molecular complexity index is 1010. The van der Waals surface area contributed by atoms with Gasteiger partial charge in [-0.1, -0.05) is 18.2 Å². The fraction of sp³-hybridized carbons (Fsp3) is 0.300. The topological polar surface area (TPSA) is 67.6 Å². The van der Waals surface area contributed by atoms with Crippen molar-refractivity contribution < 1.29 is 9.84 Å². The molecule has 0 fully saturated rings. The number of nitrogens with zero attached hydrogens (tertiary/aromatic N) is 3. The molecule has 6 nitrogen and oxygen atoms in total. The molecule has 0 bridgehead atoms. The van der Waals surface area contributed by atoms with E-state index in [1.807, 2.05) is 36.4 Å². The van der Waals surface area contributed by atoms with Gasteiger partial charge in [0.25, 0.3) is 5.56 Å². The number of hydrogen-bond acceptors (Lipinski definition) is 5. The van der Waals surface area contributed by atoms with Crippen molar-refractivity contribution in [3.63, 3.8) is 0 Å². The first kappa shape index (κ1) is 16.6. The van der Waals surface area contributed by atoms with E-state index in [1.54, 1.807) is 17.7 Å². The first-order chi connectivity index (χ1) is 12.7. The molecular formula is C20H21N3O3. The Hall–Kier alpha value is -2.86. The Labute approximate surface area is 151 Å². The average Bonchev–Trinajstić information content (AvgIpc) is 2.86. The minimum Gasteiger partial charge on any atom is -0.507 e. The summed E-state index contributed by atoms with van der Waals surface area (Å²) in [6.45, 7) is 2.75. The lowest BCUT2D eigenvalue weighted by atomic mass is 10.1. The minimum absolute atomic E-state index is 0.0275. The largest absolute Gasteiger partial charge is 0.507 e. The van der Waals surface area contributed by atoms with Crippen molar-refractivity contribution in [1.82, 2.24) is 14.5 Å². The molecule has 0 spiro atoms. The molecule has 1 aliphatic rings. The average molecular weight is 351 g/mol. The van der Waals surface area contributed by atoms with Gasteiger partial charge in [-0.2, -0.15) is 0 Å². The first-order valence-corrected chi connectivity index (χ1v) is 8.72. The maximum atomic E-state index is 12.8. The van der Waals surface area contributed by atoms with E-state index in [9.17, 15) is 9.90 Å². The zero-order valence-corrected chi connectivity index (χ0v) is 14.7. The number of aromatic hydroxyl groups is 1. The predicted molar refractivity (Wildman–Crippen MR) is 99.6 cm³/mol. The smallest absolute Gasteiger partial charge is 0.261 e. The van der Waals surface area contributed by atoms with Gasteiger partial charge in [-0.25, -0.2) is 4.98 Å². The molecule has 0 saturated heterocycles. The third-order valence-corrected chi connectivity index (χ3v) is 4.92. The van der Waals surface area contributed by atoms with Crippen molar-refractivity contribution in [2.24, 2.45) is 0 Å². The summed E-state index contributed by atoms with van der Waals surface area (Å²) in [5, 5.41) is 10.9. The molecule has 0 saturated carbocycles. The highest BCUT2D eigenvalue weighted by Crippen LogP contribution is 2.25. The number of benzene rings is 2. The monoisotopic (exact) mass is 351 g/mol. The fourth-order valence-corrected chi connectivity index (χ4v) is 3.45. The highest BCUT2D eigenvalue weighted by molar-refractivity contribution is 5.77. The van der Waals surface area contributed by atoms with Crippen LogP contribution in [-0.2, 0) is 19.5 Å². The van der Waals surface area contributed by atoms with Crippen molar-refractivity contribution >= 4 is 10.9 Å². The predicted octanol–water partition coefficient (Wildman–Crippen LogP) is 2.17. The lowest BCUT2D eigenvalue weighted by Crippen LogP contribution is -2.28. The van der Waals surface area contributed by atoms with Crippen molar-refractivity contribution in [3.8, 4) is 11.5 Å². The summed E-state index contributed by atoms with van der Waals surface area (Å²) in [5.41, 5.74) is 1.63. The molecule has 1 N–H and O–H groups in total. The molecule has 0 unspecified atom stereocenters. The summed E-state index contributed by atoms with van der Waals surface area (Å²) in [6, 6.07) is 12.8. The van der Waals surface area contributed by atoms with Crippen LogP contribution in [0.5, 0.6) is 11.5 Å². The molecule has 6 heteroatoms. The molecule has 4 rings (SSSR count). The van der Waals surface area contributed by atoms with Gasteiger partial charge in [-0.05, 0) is 18.2 Å². The standard InChI is InChI=1S/C20H21N3O3/c1-26-15-7-6-14(18(24)12-15)13-22-9-8-19-21-17-5-3-2-4-16(17)20(25)23(19)11-10-22/h2-7,12,24H,8-11,13H2,1H3. The van der Waals surface area contributed by atoms with Crippen LogP contribution in [-0.4, -0.2) is 39.8 Å². The second kappa shape index (κ2) is 6.80. The van der Waals surface area contributed by atoms with Gasteiger partial charge in [0.05, 0.1) is 18.0 Å². The normalized spacial score (nSPS) is 14.8. The molecule has 0 atom stereocenters. The highest BCUT2D eigenvalue weighted by Gasteiger charge is 2.18. The molecule has 134 valence electrons. The molecule has 0 amide bonds. The quantitative estimate of drug-likeness (QED) is 0.783. The Balaban J connectivity index is 1.58. The van der Waals surface area contributed by atoms with Gasteiger partial charge in [0, 0.05) is 44.2 Å². The van der Waals surface area contributed by atoms with Crippen LogP contribution in [0.15, 0.2) is 47.3 Å². The number of hydrogen-bond donors (Lipinski definition) is 1. The Morgan fingerprint density at radius 2 is 2.00 bits per heavy atom. The number of phenols is 1. The van der Waals surface area contributed by atoms with Crippen molar-refractivity contribution in [2.45, 2.75) is 19.5 Å². The van der Waals surface area contributed by atoms with Crippen LogP contribution in [0.2, 0.25) is 0 Å². The molecular weight excluding hydrogens is 330 g/mol. The Morgan fingerprint density at radius 1 is 1.15 bits per heavy atom. The fourth-order valence-electron chi connectivity index (χ4n) is 3.45. The maximum absolute atomic E-state index is 12.8. The van der Waals surface area contributed by atoms with Gasteiger partial charge in [-0.15, -0.1) is 0 Å². The summed E-state index contributed by atoms with van der Waals surface area (Å²) < 4.78 is 6.92. The molecule has 2 aromatic carbocycles. The second-order valence-corrected chi connectivity index (χ2v) is 6.52. The van der Waals surface area contributed by atoms with Crippen molar-refractivity contribution in [1.29, 1.82) is 0 Å². The van der Waals surface area contributed by atoms with Crippen LogP contribution in [0.3, 0.4) is 0 Å². The van der Waals surface area contributed by atoms with Crippen LogP contribution < -0.4 is 10.3 Å². The first-order valence-electron chi connectivity index (χ1n) is 8.72. The molecule has 0 radical (unpaired) electrons. The summed E-state index contributed by atoms with van der Waals surface area (Å²) in [5.74, 6) is 1.69. The lowest BCUT2D eigenvalue weighted by Gasteiger charge is -2.20. The van der Waals surface area contributed by atoms with E-state index in [4.69, 9.17) is 4.74 Å². The van der Waals surface area contributed by atoms with E-state index < -0.39 is 0 Å². The van der Waals surface area contributed by atoms with Crippen molar-refractivity contribution in [3.05, 3.63) is 64.2 Å². The zero-order valence-electron chi connectivity index (χ0n) is 14.7. The number of ether oxygens (including phenoxy) is 1. The van der Waals surface area contributed by atoms with E-state index in [-0.39, 0.29) is 11.3 Å². The summed E-state index contributed by atoms with van der Waals surface area (Å²) >= 11 is 0. The number of aromatic nitrogens is 2. The van der Waals surface area contributed by atoms with Crippen LogP contribution in [0.1, 0.15) is 11.4 Å². The molecule has 2 heterocycles. The summed E-state index contributed by atoms with van der Waals surface area (Å²) in [4.78, 5) is 19.7. The number of methoxy groups -OCH3 is 1. The van der Waals surface area contributed by atoms with Crippen LogP contribution in [0, 0.1) is 0 Å². The molecule has 1 aliphatic heterocycles. The van der Waals surface area contributed by atoms with E-state index in [2.05, 4.69) is 9.88 Å². The van der Waals surface area contributed by atoms with E-state index in [0.29, 0.717) is 30.6 Å². The van der Waals surface area contributed by atoms with E-state index in [1.165, 1.54) is 0 Å². The highest BCUT2D eigenvalue weighted by atomic mass is 16.5. The van der Waals surface area contributed by atoms with Gasteiger partial charge < -0.3 is 9.84 Å². The summed E-state index contributed by atoms with van der Waals surface area (Å²) in [7, 11) is 1.58. The molecule has 0 aliphatic carbocycles. The SMILES string of the molecule is COc1ccc(CN2CCc3nc4ccccc4c(=O)n3CC2)c(O)c1. The zero-order chi connectivity index (χ0) is 18.1. The van der Waals surface area contributed by atoms with Gasteiger partial charge in [0.2, 0.25) is 0 Å². The summed E-state index contributed by atoms with van der Waals surface area (Å²) in [6.07, 6.45) is 0.705. The van der Waals surface area contributed by atoms with Crippen LogP contribution in [0.25, 0.3) is 10.9 Å². The third-order valence-electron chi connectivity index (χ3n) is 4.92. The van der Waals surface area contributed by atoms with Gasteiger partial charge >= 0.3 is 0 Å². The minimum atomic E-state index is 0.0275. The number of rotatable bonds is 3. The van der Waals surface area contributed by atoms with Gasteiger partial charge in [0.15, 0.2) is 0 Å². The van der Waals surface area contributed by atoms with E-state index >= 15 is 0 Å². The van der Waals surface area contributed by atoms with E-state index in [0.717, 1.165) is 30.0 Å². The van der Waals surface area contributed by atoms with Gasteiger partial charge in [-0.3, -0.25) is 14.3 Å². The number of fused-ring (bicyclic) bond motifs is 2. The molecule has 3 aromatic rings.